The van der Waals surface area contributed by atoms with Crippen molar-refractivity contribution in [2.75, 3.05) is 13.2 Å². The molecule has 0 radical (unpaired) electrons. The van der Waals surface area contributed by atoms with Gasteiger partial charge in [0.25, 0.3) is 0 Å². The zero-order valence-electron chi connectivity index (χ0n) is 14.2. The van der Waals surface area contributed by atoms with Gasteiger partial charge in [0.15, 0.2) is 9.76 Å². The number of esters is 1. The molecule has 0 aliphatic heterocycles. The molecule has 7 nitrogen and oxygen atoms in total. The molecule has 2 N–H and O–H groups in total. The molecule has 2 atom stereocenters. The molecule has 0 bridgehead atoms. The van der Waals surface area contributed by atoms with Crippen molar-refractivity contribution in [2.45, 2.75) is 45.1 Å². The van der Waals surface area contributed by atoms with Crippen LogP contribution < -0.4 is 0 Å². The van der Waals surface area contributed by atoms with Gasteiger partial charge in [-0.15, -0.1) is 0 Å². The van der Waals surface area contributed by atoms with Crippen LogP contribution in [-0.2, 0) is 23.5 Å². The molecule has 138 valence electrons. The minimum absolute atomic E-state index is 0.340. The third-order valence-corrected chi connectivity index (χ3v) is 5.18. The summed E-state index contributed by atoms with van der Waals surface area (Å²) in [6.07, 6.45) is 4.77. The lowest BCUT2D eigenvalue weighted by Crippen LogP contribution is -2.32. The van der Waals surface area contributed by atoms with Crippen molar-refractivity contribution in [1.82, 2.24) is 0 Å². The predicted octanol–water partition coefficient (Wildman–Crippen LogP) is 1.61. The van der Waals surface area contributed by atoms with Gasteiger partial charge in [-0.3, -0.25) is 9.59 Å². The van der Waals surface area contributed by atoms with E-state index in [1.807, 2.05) is 6.92 Å². The van der Waals surface area contributed by atoms with E-state index in [0.717, 1.165) is 31.9 Å². The van der Waals surface area contributed by atoms with E-state index in [2.05, 4.69) is 6.58 Å². The van der Waals surface area contributed by atoms with E-state index in [9.17, 15) is 14.4 Å². The predicted molar refractivity (Wildman–Crippen MR) is 91.5 cm³/mol. The van der Waals surface area contributed by atoms with Crippen LogP contribution in [0.4, 0.5) is 0 Å². The average Bonchev–Trinajstić information content (AvgIpc) is 2.58. The molecule has 2 unspecified atom stereocenters. The molecule has 24 heavy (non-hydrogen) atoms. The standard InChI is InChI=1S/C8H12O4.C8H16O3Si/c9-7(10)5-3-1-2-4-6(5)8(11)12;1-3-8(9)10-6-5-7-12-11-4-2/h5-6H,1-4H2,(H,9,10)(H,11,12);3H,1,4-7,12H2,2H3. The number of carbonyl (C=O) groups is 3. The number of carboxylic acid groups (broad SMARTS) is 2. The molecule has 1 aliphatic rings. The molecule has 0 aromatic heterocycles. The topological polar surface area (TPSA) is 110 Å². The second-order valence-corrected chi connectivity index (χ2v) is 6.97. The Morgan fingerprint density at radius 3 is 2.12 bits per heavy atom. The molecule has 0 spiro atoms. The zero-order chi connectivity index (χ0) is 18.4. The van der Waals surface area contributed by atoms with Gasteiger partial charge < -0.3 is 19.4 Å². The summed E-state index contributed by atoms with van der Waals surface area (Å²) in [7, 11) is -0.357. The molecule has 1 saturated carbocycles. The van der Waals surface area contributed by atoms with Gasteiger partial charge in [0, 0.05) is 12.7 Å². The molecule has 0 saturated heterocycles. The average molecular weight is 360 g/mol. The highest BCUT2D eigenvalue weighted by atomic mass is 28.2. The highest BCUT2D eigenvalue weighted by Gasteiger charge is 2.35. The van der Waals surface area contributed by atoms with E-state index in [0.29, 0.717) is 19.4 Å². The van der Waals surface area contributed by atoms with Gasteiger partial charge in [-0.05, 0) is 32.2 Å². The van der Waals surface area contributed by atoms with Crippen molar-refractivity contribution in [3.8, 4) is 0 Å². The summed E-state index contributed by atoms with van der Waals surface area (Å²) in [6.45, 7) is 6.58. The molecule has 0 heterocycles. The Balaban J connectivity index is 0.000000441. The zero-order valence-corrected chi connectivity index (χ0v) is 15.7. The number of carboxylic acids is 2. The van der Waals surface area contributed by atoms with Crippen LogP contribution in [-0.4, -0.2) is 51.1 Å². The first-order chi connectivity index (χ1) is 11.4. The Bertz CT molecular complexity index is 389. The first kappa shape index (κ1) is 22.3. The Kier molecular flexibility index (Phi) is 12.8. The third-order valence-electron chi connectivity index (χ3n) is 3.70. The number of aliphatic carboxylic acids is 2. The SMILES string of the molecule is C=CC(=O)OCCC[SiH2]OCC.O=C(O)C1CCCCC1C(=O)O. The summed E-state index contributed by atoms with van der Waals surface area (Å²) < 4.78 is 10.0. The van der Waals surface area contributed by atoms with Gasteiger partial charge in [0.2, 0.25) is 0 Å². The van der Waals surface area contributed by atoms with Crippen molar-refractivity contribution in [3.05, 3.63) is 12.7 Å². The van der Waals surface area contributed by atoms with Gasteiger partial charge in [-0.2, -0.15) is 0 Å². The minimum atomic E-state index is -0.970. The lowest BCUT2D eigenvalue weighted by molar-refractivity contribution is -0.155. The molecule has 1 rings (SSSR count). The molecule has 1 aliphatic carbocycles. The first-order valence-electron chi connectivity index (χ1n) is 8.26. The van der Waals surface area contributed by atoms with Gasteiger partial charge >= 0.3 is 17.9 Å². The van der Waals surface area contributed by atoms with Crippen LogP contribution in [0.15, 0.2) is 12.7 Å². The van der Waals surface area contributed by atoms with Crippen molar-refractivity contribution < 1.29 is 33.8 Å². The molecule has 1 fully saturated rings. The van der Waals surface area contributed by atoms with Crippen LogP contribution in [0.5, 0.6) is 0 Å². The summed E-state index contributed by atoms with van der Waals surface area (Å²) in [5.74, 6) is -3.62. The fraction of sp³-hybridized carbons (Fsp3) is 0.688. The first-order valence-corrected chi connectivity index (χ1v) is 9.84. The molecule has 0 aromatic carbocycles. The number of ether oxygens (including phenoxy) is 1. The fourth-order valence-electron chi connectivity index (χ4n) is 2.40. The van der Waals surface area contributed by atoms with Crippen molar-refractivity contribution in [2.24, 2.45) is 11.8 Å². The Morgan fingerprint density at radius 2 is 1.71 bits per heavy atom. The lowest BCUT2D eigenvalue weighted by atomic mass is 9.79. The van der Waals surface area contributed by atoms with E-state index < -0.39 is 23.8 Å². The molecule has 0 amide bonds. The number of rotatable bonds is 9. The maximum Gasteiger partial charge on any atom is 0.330 e. The van der Waals surface area contributed by atoms with Crippen LogP contribution in [0.1, 0.15) is 39.0 Å². The maximum absolute atomic E-state index is 10.6. The monoisotopic (exact) mass is 360 g/mol. The van der Waals surface area contributed by atoms with Gasteiger partial charge in [0.05, 0.1) is 18.4 Å². The van der Waals surface area contributed by atoms with Crippen molar-refractivity contribution in [3.63, 3.8) is 0 Å². The van der Waals surface area contributed by atoms with Crippen LogP contribution in [0.25, 0.3) is 0 Å². The molecular formula is C16H28O7Si. The largest absolute Gasteiger partial charge is 0.481 e. The smallest absolute Gasteiger partial charge is 0.330 e. The third kappa shape index (κ3) is 10.2. The highest BCUT2D eigenvalue weighted by molar-refractivity contribution is 6.26. The normalized spacial score (nSPS) is 20.0. The Hall–Kier alpha value is -1.67. The number of hydrogen-bond acceptors (Lipinski definition) is 5. The fourth-order valence-corrected chi connectivity index (χ4v) is 3.31. The highest BCUT2D eigenvalue weighted by Crippen LogP contribution is 2.30. The van der Waals surface area contributed by atoms with Crippen LogP contribution in [0, 0.1) is 11.8 Å². The van der Waals surface area contributed by atoms with Crippen molar-refractivity contribution >= 4 is 27.7 Å². The maximum atomic E-state index is 10.6. The van der Waals surface area contributed by atoms with Crippen LogP contribution in [0.3, 0.4) is 0 Å². The van der Waals surface area contributed by atoms with Gasteiger partial charge in [-0.25, -0.2) is 4.79 Å². The summed E-state index contributed by atoms with van der Waals surface area (Å²) in [5, 5.41) is 17.4. The quantitative estimate of drug-likeness (QED) is 0.278. The van der Waals surface area contributed by atoms with Crippen LogP contribution >= 0.6 is 0 Å². The lowest BCUT2D eigenvalue weighted by Gasteiger charge is -2.24. The number of hydrogen-bond donors (Lipinski definition) is 2. The molecule has 0 aromatic rings. The van der Waals surface area contributed by atoms with Crippen LogP contribution in [0.2, 0.25) is 6.04 Å². The second-order valence-electron chi connectivity index (χ2n) is 5.45. The molecule has 8 heteroatoms. The summed E-state index contributed by atoms with van der Waals surface area (Å²) in [4.78, 5) is 31.8. The second kappa shape index (κ2) is 13.7. The van der Waals surface area contributed by atoms with E-state index in [1.165, 1.54) is 6.08 Å². The Morgan fingerprint density at radius 1 is 1.17 bits per heavy atom. The minimum Gasteiger partial charge on any atom is -0.481 e. The number of carbonyl (C=O) groups excluding carboxylic acids is 1. The summed E-state index contributed by atoms with van der Waals surface area (Å²) in [5.41, 5.74) is 0. The van der Waals surface area contributed by atoms with Gasteiger partial charge in [-0.1, -0.05) is 19.4 Å². The van der Waals surface area contributed by atoms with E-state index in [4.69, 9.17) is 19.4 Å². The van der Waals surface area contributed by atoms with E-state index in [1.54, 1.807) is 0 Å². The summed E-state index contributed by atoms with van der Waals surface area (Å²) >= 11 is 0. The van der Waals surface area contributed by atoms with Gasteiger partial charge in [0.1, 0.15) is 0 Å². The van der Waals surface area contributed by atoms with Crippen molar-refractivity contribution in [1.29, 1.82) is 0 Å². The molecular weight excluding hydrogens is 332 g/mol. The Labute approximate surface area is 145 Å². The van der Waals surface area contributed by atoms with E-state index in [-0.39, 0.29) is 15.7 Å². The van der Waals surface area contributed by atoms with E-state index >= 15 is 0 Å². The summed E-state index contributed by atoms with van der Waals surface area (Å²) in [6, 6.07) is 1.07.